The summed E-state index contributed by atoms with van der Waals surface area (Å²) in [6.07, 6.45) is 105. The molecular formula is C81H152O5. The van der Waals surface area contributed by atoms with Crippen molar-refractivity contribution in [2.75, 3.05) is 13.2 Å². The average Bonchev–Trinajstić information content (AvgIpc) is 3.55. The van der Waals surface area contributed by atoms with Crippen molar-refractivity contribution in [3.8, 4) is 0 Å². The van der Waals surface area contributed by atoms with Crippen molar-refractivity contribution >= 4 is 11.9 Å². The number of allylic oxidation sites excluding steroid dienone is 8. The molecule has 1 unspecified atom stereocenters. The highest BCUT2D eigenvalue weighted by molar-refractivity contribution is 5.70. The summed E-state index contributed by atoms with van der Waals surface area (Å²) >= 11 is 0. The molecule has 0 aliphatic heterocycles. The molecule has 0 aliphatic rings. The van der Waals surface area contributed by atoms with Crippen LogP contribution in [-0.2, 0) is 19.1 Å². The molecule has 506 valence electrons. The van der Waals surface area contributed by atoms with E-state index in [4.69, 9.17) is 9.47 Å². The Balaban J connectivity index is 3.37. The lowest BCUT2D eigenvalue weighted by Gasteiger charge is -2.15. The van der Waals surface area contributed by atoms with Gasteiger partial charge in [0.2, 0.25) is 0 Å². The summed E-state index contributed by atoms with van der Waals surface area (Å²) < 4.78 is 10.8. The second kappa shape index (κ2) is 77.1. The van der Waals surface area contributed by atoms with Gasteiger partial charge in [-0.2, -0.15) is 0 Å². The molecule has 0 saturated carbocycles. The SMILES string of the molecule is CCCCCCC/C=C\C/C=C\C/C=C\CCCCCCCCCCCCCCCCCCC(=O)OC(CO)COC(=O)CCCCCCCCCCCCCCCCCCCCCCCCCCCCCCC/C=C\CCCCCCCCCC. The minimum atomic E-state index is -0.772. The minimum Gasteiger partial charge on any atom is -0.462 e. The van der Waals surface area contributed by atoms with E-state index in [1.165, 1.54) is 366 Å². The molecule has 0 aliphatic carbocycles. The van der Waals surface area contributed by atoms with Crippen LogP contribution in [-0.4, -0.2) is 36.4 Å². The van der Waals surface area contributed by atoms with Gasteiger partial charge in [-0.15, -0.1) is 0 Å². The third-order valence-electron chi connectivity index (χ3n) is 18.1. The van der Waals surface area contributed by atoms with Gasteiger partial charge in [0.15, 0.2) is 6.10 Å². The van der Waals surface area contributed by atoms with Crippen LogP contribution in [0.3, 0.4) is 0 Å². The van der Waals surface area contributed by atoms with Gasteiger partial charge in [-0.25, -0.2) is 0 Å². The van der Waals surface area contributed by atoms with Gasteiger partial charge in [0.1, 0.15) is 6.61 Å². The molecule has 0 rings (SSSR count). The van der Waals surface area contributed by atoms with Crippen LogP contribution < -0.4 is 0 Å². The van der Waals surface area contributed by atoms with Gasteiger partial charge in [-0.05, 0) is 77.0 Å². The van der Waals surface area contributed by atoms with Crippen LogP contribution in [0.15, 0.2) is 48.6 Å². The van der Waals surface area contributed by atoms with Crippen molar-refractivity contribution in [2.45, 2.75) is 444 Å². The largest absolute Gasteiger partial charge is 0.462 e. The number of carbonyl (C=O) groups is 2. The monoisotopic (exact) mass is 1210 g/mol. The molecule has 5 nitrogen and oxygen atoms in total. The maximum Gasteiger partial charge on any atom is 0.306 e. The molecule has 0 aromatic rings. The fourth-order valence-corrected chi connectivity index (χ4v) is 12.2. The van der Waals surface area contributed by atoms with E-state index in [9.17, 15) is 14.7 Å². The van der Waals surface area contributed by atoms with Gasteiger partial charge in [0.25, 0.3) is 0 Å². The first-order valence-electron chi connectivity index (χ1n) is 39.2. The molecule has 0 bridgehead atoms. The summed E-state index contributed by atoms with van der Waals surface area (Å²) in [4.78, 5) is 24.7. The van der Waals surface area contributed by atoms with E-state index in [0.29, 0.717) is 12.8 Å². The molecule has 0 aromatic carbocycles. The van der Waals surface area contributed by atoms with E-state index < -0.39 is 6.10 Å². The number of aliphatic hydroxyl groups excluding tert-OH is 1. The number of aliphatic hydroxyl groups is 1. The Morgan fingerprint density at radius 3 is 0.709 bits per heavy atom. The van der Waals surface area contributed by atoms with Crippen molar-refractivity contribution < 1.29 is 24.2 Å². The normalized spacial score (nSPS) is 12.4. The number of hydrogen-bond acceptors (Lipinski definition) is 5. The standard InChI is InChI=1S/C81H152O5/c1-3-5-7-9-11-13-15-17-19-21-23-25-27-29-31-33-35-36-37-38-39-40-41-42-43-44-46-47-49-51-53-55-57-59-61-63-65-67-69-71-73-75-80(83)85-78-79(77-82)86-81(84)76-74-72-70-68-66-64-62-60-58-56-54-52-50-48-45-34-32-30-28-26-24-22-20-18-16-14-12-10-8-6-4-2/h16,18,21-24,28,30,79,82H,3-15,17,19-20,25-27,29,31-78H2,1-2H3/b18-16-,23-21-,24-22-,30-28-. The molecule has 0 radical (unpaired) electrons. The predicted molar refractivity (Wildman–Crippen MR) is 381 cm³/mol. The Bertz CT molecular complexity index is 1410. The van der Waals surface area contributed by atoms with E-state index in [0.717, 1.165) is 44.9 Å². The van der Waals surface area contributed by atoms with Gasteiger partial charge in [-0.1, -0.05) is 396 Å². The van der Waals surface area contributed by atoms with Crippen LogP contribution in [0, 0.1) is 0 Å². The molecule has 0 heterocycles. The van der Waals surface area contributed by atoms with Crippen molar-refractivity contribution in [1.29, 1.82) is 0 Å². The first-order chi connectivity index (χ1) is 42.6. The van der Waals surface area contributed by atoms with E-state index in [1.54, 1.807) is 0 Å². The molecular weight excluding hydrogens is 1050 g/mol. The van der Waals surface area contributed by atoms with Crippen molar-refractivity contribution in [1.82, 2.24) is 0 Å². The van der Waals surface area contributed by atoms with E-state index >= 15 is 0 Å². The third kappa shape index (κ3) is 74.3. The van der Waals surface area contributed by atoms with Gasteiger partial charge >= 0.3 is 11.9 Å². The van der Waals surface area contributed by atoms with Crippen LogP contribution in [0.2, 0.25) is 0 Å². The molecule has 86 heavy (non-hydrogen) atoms. The summed E-state index contributed by atoms with van der Waals surface area (Å²) in [6, 6.07) is 0. The van der Waals surface area contributed by atoms with Crippen molar-refractivity contribution in [2.24, 2.45) is 0 Å². The van der Waals surface area contributed by atoms with Crippen molar-refractivity contribution in [3.05, 3.63) is 48.6 Å². The van der Waals surface area contributed by atoms with Crippen LogP contribution in [0.1, 0.15) is 438 Å². The molecule has 1 N–H and O–H groups in total. The Labute approximate surface area is 539 Å². The maximum atomic E-state index is 12.4. The third-order valence-corrected chi connectivity index (χ3v) is 18.1. The van der Waals surface area contributed by atoms with E-state index in [-0.39, 0.29) is 25.2 Å². The van der Waals surface area contributed by atoms with Crippen LogP contribution in [0.5, 0.6) is 0 Å². The molecule has 0 spiro atoms. The number of hydrogen-bond donors (Lipinski definition) is 1. The summed E-state index contributed by atoms with van der Waals surface area (Å²) in [5.41, 5.74) is 0. The summed E-state index contributed by atoms with van der Waals surface area (Å²) in [7, 11) is 0. The number of rotatable bonds is 74. The van der Waals surface area contributed by atoms with Crippen LogP contribution in [0.25, 0.3) is 0 Å². The predicted octanol–water partition coefficient (Wildman–Crippen LogP) is 27.4. The number of carbonyl (C=O) groups excluding carboxylic acids is 2. The molecule has 0 fully saturated rings. The smallest absolute Gasteiger partial charge is 0.306 e. The lowest BCUT2D eigenvalue weighted by atomic mass is 10.0. The second-order valence-electron chi connectivity index (χ2n) is 26.8. The molecule has 0 aromatic heterocycles. The minimum absolute atomic E-state index is 0.0603. The van der Waals surface area contributed by atoms with Crippen LogP contribution in [0.4, 0.5) is 0 Å². The van der Waals surface area contributed by atoms with Gasteiger partial charge in [-0.3, -0.25) is 9.59 Å². The number of ether oxygens (including phenoxy) is 2. The highest BCUT2D eigenvalue weighted by atomic mass is 16.6. The zero-order valence-electron chi connectivity index (χ0n) is 58.4. The fraction of sp³-hybridized carbons (Fsp3) is 0.877. The zero-order chi connectivity index (χ0) is 61.9. The highest BCUT2D eigenvalue weighted by Crippen LogP contribution is 2.20. The first kappa shape index (κ1) is 83.9. The Kier molecular flexibility index (Phi) is 75.2. The number of unbranched alkanes of at least 4 members (excludes halogenated alkanes) is 58. The average molecular weight is 1210 g/mol. The first-order valence-corrected chi connectivity index (χ1v) is 39.2. The molecule has 1 atom stereocenters. The van der Waals surface area contributed by atoms with Gasteiger partial charge in [0.05, 0.1) is 6.61 Å². The second-order valence-corrected chi connectivity index (χ2v) is 26.8. The van der Waals surface area contributed by atoms with Crippen molar-refractivity contribution in [3.63, 3.8) is 0 Å². The topological polar surface area (TPSA) is 72.8 Å². The fourth-order valence-electron chi connectivity index (χ4n) is 12.2. The quantitative estimate of drug-likeness (QED) is 0.0373. The summed E-state index contributed by atoms with van der Waals surface area (Å²) in [6.45, 7) is 4.19. The van der Waals surface area contributed by atoms with Gasteiger partial charge < -0.3 is 14.6 Å². The Morgan fingerprint density at radius 1 is 0.267 bits per heavy atom. The van der Waals surface area contributed by atoms with E-state index in [2.05, 4.69) is 62.5 Å². The highest BCUT2D eigenvalue weighted by Gasteiger charge is 2.16. The lowest BCUT2D eigenvalue weighted by molar-refractivity contribution is -0.161. The molecule has 5 heteroatoms. The van der Waals surface area contributed by atoms with E-state index in [1.807, 2.05) is 0 Å². The van der Waals surface area contributed by atoms with Crippen LogP contribution >= 0.6 is 0 Å². The lowest BCUT2D eigenvalue weighted by Crippen LogP contribution is -2.28. The Hall–Kier alpha value is -2.14. The maximum absolute atomic E-state index is 12.4. The summed E-state index contributed by atoms with van der Waals surface area (Å²) in [5.74, 6) is -0.566. The molecule has 0 saturated heterocycles. The zero-order valence-corrected chi connectivity index (χ0v) is 58.4. The number of esters is 2. The molecule has 0 amide bonds. The summed E-state index contributed by atoms with van der Waals surface area (Å²) in [5, 5.41) is 9.72. The van der Waals surface area contributed by atoms with Gasteiger partial charge in [0, 0.05) is 12.8 Å². The Morgan fingerprint density at radius 2 is 0.465 bits per heavy atom.